The molecule has 2 atom stereocenters. The van der Waals surface area contributed by atoms with Crippen molar-refractivity contribution in [3.63, 3.8) is 0 Å². The van der Waals surface area contributed by atoms with E-state index in [0.29, 0.717) is 5.92 Å². The van der Waals surface area contributed by atoms with Crippen molar-refractivity contribution >= 4 is 6.09 Å². The number of fused-ring (bicyclic) bond motifs is 4. The summed E-state index contributed by atoms with van der Waals surface area (Å²) in [6.45, 7) is 13.8. The summed E-state index contributed by atoms with van der Waals surface area (Å²) in [5.74, 6) is 1.45. The van der Waals surface area contributed by atoms with Crippen LogP contribution in [0.2, 0.25) is 0 Å². The maximum Gasteiger partial charge on any atom is 0.407 e. The number of hydrogen-bond donors (Lipinski definition) is 1. The maximum atomic E-state index is 12.9. The summed E-state index contributed by atoms with van der Waals surface area (Å²) >= 11 is 0. The van der Waals surface area contributed by atoms with Crippen LogP contribution in [0.1, 0.15) is 63.3 Å². The number of nitrogens with one attached hydrogen (secondary N) is 1. The van der Waals surface area contributed by atoms with Crippen LogP contribution in [-0.4, -0.2) is 42.8 Å². The fourth-order valence-electron chi connectivity index (χ4n) is 6.06. The summed E-state index contributed by atoms with van der Waals surface area (Å²) < 4.78 is 11.8. The van der Waals surface area contributed by atoms with E-state index >= 15 is 0 Å². The highest BCUT2D eigenvalue weighted by Gasteiger charge is 2.42. The Hall–Kier alpha value is -2.53. The van der Waals surface area contributed by atoms with Gasteiger partial charge < -0.3 is 14.8 Å². The van der Waals surface area contributed by atoms with Gasteiger partial charge in [-0.15, -0.1) is 0 Å². The number of hydrogen-bond acceptors (Lipinski definition) is 4. The van der Waals surface area contributed by atoms with E-state index in [9.17, 15) is 4.79 Å². The van der Waals surface area contributed by atoms with Gasteiger partial charge in [-0.2, -0.15) is 0 Å². The van der Waals surface area contributed by atoms with Crippen molar-refractivity contribution < 1.29 is 14.3 Å². The van der Waals surface area contributed by atoms with Crippen molar-refractivity contribution in [2.45, 2.75) is 72.1 Å². The predicted octanol–water partition coefficient (Wildman–Crippen LogP) is 5.89. The lowest BCUT2D eigenvalue weighted by molar-refractivity contribution is -0.0348. The first-order valence-electron chi connectivity index (χ1n) is 12.8. The molecule has 3 heterocycles. The van der Waals surface area contributed by atoms with Crippen molar-refractivity contribution in [3.8, 4) is 16.9 Å². The first-order valence-corrected chi connectivity index (χ1v) is 12.8. The van der Waals surface area contributed by atoms with Gasteiger partial charge in [-0.05, 0) is 104 Å². The molecule has 5 nitrogen and oxygen atoms in total. The molecule has 0 saturated carbocycles. The third kappa shape index (κ3) is 4.55. The molecule has 0 radical (unpaired) electrons. The van der Waals surface area contributed by atoms with Gasteiger partial charge in [0.2, 0.25) is 0 Å². The van der Waals surface area contributed by atoms with E-state index in [1.54, 1.807) is 0 Å². The second-order valence-corrected chi connectivity index (χ2v) is 11.4. The average Bonchev–Trinajstić information content (AvgIpc) is 3.04. The molecule has 2 aromatic carbocycles. The first-order chi connectivity index (χ1) is 16.2. The van der Waals surface area contributed by atoms with Gasteiger partial charge in [-0.1, -0.05) is 38.1 Å². The Morgan fingerprint density at radius 2 is 1.79 bits per heavy atom. The molecule has 2 bridgehead atoms. The molecule has 6 rings (SSSR count). The van der Waals surface area contributed by atoms with Gasteiger partial charge in [-0.3, -0.25) is 4.90 Å². The number of piperidine rings is 3. The van der Waals surface area contributed by atoms with Crippen molar-refractivity contribution in [3.05, 3.63) is 53.1 Å². The second-order valence-electron chi connectivity index (χ2n) is 11.4. The first kappa shape index (κ1) is 23.2. The molecule has 5 heteroatoms. The number of carbonyl (C=O) groups is 1. The zero-order valence-corrected chi connectivity index (χ0v) is 21.2. The minimum Gasteiger partial charge on any atom is -0.491 e. The van der Waals surface area contributed by atoms with Crippen LogP contribution in [0.15, 0.2) is 36.4 Å². The highest BCUT2D eigenvalue weighted by molar-refractivity contribution is 5.71. The minimum absolute atomic E-state index is 0.0275. The molecular weight excluding hydrogens is 424 g/mol. The molecule has 3 aliphatic heterocycles. The second kappa shape index (κ2) is 8.92. The molecular formula is C29H38N2O3. The Balaban J connectivity index is 1.31. The van der Waals surface area contributed by atoms with Crippen LogP contribution < -0.4 is 10.1 Å². The summed E-state index contributed by atoms with van der Waals surface area (Å²) in [7, 11) is 0. The largest absolute Gasteiger partial charge is 0.491 e. The molecule has 2 aromatic rings. The molecule has 1 N–H and O–H groups in total. The molecule has 0 aromatic heterocycles. The predicted molar refractivity (Wildman–Crippen MR) is 135 cm³/mol. The van der Waals surface area contributed by atoms with Crippen LogP contribution in [0.4, 0.5) is 4.79 Å². The number of nitrogens with zero attached hydrogens (tertiary/aromatic N) is 1. The molecule has 0 spiro atoms. The van der Waals surface area contributed by atoms with Crippen molar-refractivity contribution in [1.29, 1.82) is 0 Å². The fraction of sp³-hybridized carbons (Fsp3) is 0.552. The molecule has 34 heavy (non-hydrogen) atoms. The number of rotatable bonds is 5. The SMILES string of the molecule is Cc1cc(-c2ccc3c(c2)CC(C)(C)[C@H]3NC(=O)O[C@H]2CN3CCC2CC3)ccc1OC(C)C. The number of alkyl carbamates (subject to hydrolysis) is 1. The Morgan fingerprint density at radius 1 is 1.09 bits per heavy atom. The number of aryl methyl sites for hydroxylation is 1. The van der Waals surface area contributed by atoms with Gasteiger partial charge in [0.25, 0.3) is 0 Å². The number of benzene rings is 2. The standard InChI is InChI=1S/C29H38N2O3/c1-18(2)33-25-9-7-21(14-19(25)3)22-6-8-24-23(15-22)16-29(4,5)27(24)30-28(32)34-26-17-31-12-10-20(26)11-13-31/h6-9,14-15,18,20,26-27H,10-13,16-17H2,1-5H3,(H,30,32)/t26-,27-/m0/s1. The lowest BCUT2D eigenvalue weighted by Gasteiger charge is -2.44. The van der Waals surface area contributed by atoms with Crippen molar-refractivity contribution in [2.24, 2.45) is 11.3 Å². The summed E-state index contributed by atoms with van der Waals surface area (Å²) in [5, 5.41) is 3.23. The molecule has 1 amide bonds. The van der Waals surface area contributed by atoms with Crippen LogP contribution >= 0.6 is 0 Å². The molecule has 1 aliphatic carbocycles. The van der Waals surface area contributed by atoms with E-state index in [-0.39, 0.29) is 29.8 Å². The van der Waals surface area contributed by atoms with E-state index in [0.717, 1.165) is 50.2 Å². The van der Waals surface area contributed by atoms with E-state index in [1.165, 1.54) is 22.3 Å². The van der Waals surface area contributed by atoms with Crippen LogP contribution in [0.25, 0.3) is 11.1 Å². The summed E-state index contributed by atoms with van der Waals surface area (Å²) in [5.41, 5.74) is 5.96. The van der Waals surface area contributed by atoms with Crippen LogP contribution in [0, 0.1) is 18.3 Å². The normalized spacial score (nSPS) is 26.9. The summed E-state index contributed by atoms with van der Waals surface area (Å²) in [6.07, 6.45) is 3.12. The van der Waals surface area contributed by atoms with Crippen molar-refractivity contribution in [1.82, 2.24) is 10.2 Å². The summed E-state index contributed by atoms with van der Waals surface area (Å²) in [6, 6.07) is 13.0. The lowest BCUT2D eigenvalue weighted by atomic mass is 9.85. The average molecular weight is 463 g/mol. The number of carbonyl (C=O) groups excluding carboxylic acids is 1. The van der Waals surface area contributed by atoms with E-state index in [1.807, 2.05) is 13.8 Å². The highest BCUT2D eigenvalue weighted by atomic mass is 16.6. The Bertz CT molecular complexity index is 1070. The van der Waals surface area contributed by atoms with Gasteiger partial charge in [0.05, 0.1) is 12.1 Å². The van der Waals surface area contributed by atoms with Gasteiger partial charge in [0, 0.05) is 6.54 Å². The molecule has 182 valence electrons. The topological polar surface area (TPSA) is 50.8 Å². The minimum atomic E-state index is -0.273. The zero-order chi connectivity index (χ0) is 24.0. The van der Waals surface area contributed by atoms with Gasteiger partial charge in [0.1, 0.15) is 11.9 Å². The third-order valence-electron chi connectivity index (χ3n) is 7.87. The monoisotopic (exact) mass is 462 g/mol. The lowest BCUT2D eigenvalue weighted by Crippen LogP contribution is -2.53. The van der Waals surface area contributed by atoms with Gasteiger partial charge in [0.15, 0.2) is 0 Å². The molecule has 4 aliphatic rings. The third-order valence-corrected chi connectivity index (χ3v) is 7.87. The smallest absolute Gasteiger partial charge is 0.407 e. The van der Waals surface area contributed by atoms with Gasteiger partial charge >= 0.3 is 6.09 Å². The number of ether oxygens (including phenoxy) is 2. The van der Waals surface area contributed by atoms with Crippen LogP contribution in [-0.2, 0) is 11.2 Å². The van der Waals surface area contributed by atoms with Gasteiger partial charge in [-0.25, -0.2) is 4.79 Å². The Labute approximate surface area is 203 Å². The van der Waals surface area contributed by atoms with E-state index in [2.05, 4.69) is 67.4 Å². The summed E-state index contributed by atoms with van der Waals surface area (Å²) in [4.78, 5) is 15.3. The van der Waals surface area contributed by atoms with Crippen LogP contribution in [0.5, 0.6) is 5.75 Å². The van der Waals surface area contributed by atoms with Crippen molar-refractivity contribution in [2.75, 3.05) is 19.6 Å². The quantitative estimate of drug-likeness (QED) is 0.602. The molecule has 3 saturated heterocycles. The highest BCUT2D eigenvalue weighted by Crippen LogP contribution is 2.46. The Kier molecular flexibility index (Phi) is 6.09. The van der Waals surface area contributed by atoms with Crippen LogP contribution in [0.3, 0.4) is 0 Å². The zero-order valence-electron chi connectivity index (χ0n) is 21.2. The Morgan fingerprint density at radius 3 is 2.44 bits per heavy atom. The maximum absolute atomic E-state index is 12.9. The fourth-order valence-corrected chi connectivity index (χ4v) is 6.06. The van der Waals surface area contributed by atoms with E-state index in [4.69, 9.17) is 9.47 Å². The molecule has 0 unspecified atom stereocenters. The van der Waals surface area contributed by atoms with E-state index < -0.39 is 0 Å². The molecule has 3 fully saturated rings. The number of amides is 1.